The van der Waals surface area contributed by atoms with E-state index in [2.05, 4.69) is 25.0 Å². The van der Waals surface area contributed by atoms with Crippen molar-refractivity contribution in [2.45, 2.75) is 17.4 Å². The van der Waals surface area contributed by atoms with Crippen LogP contribution < -0.4 is 14.9 Å². The lowest BCUT2D eigenvalue weighted by Gasteiger charge is -2.19. The normalized spacial score (nSPS) is 15.6. The van der Waals surface area contributed by atoms with Crippen molar-refractivity contribution in [2.75, 3.05) is 22.7 Å². The Labute approximate surface area is 210 Å². The van der Waals surface area contributed by atoms with Crippen molar-refractivity contribution < 1.29 is 27.1 Å². The van der Waals surface area contributed by atoms with Crippen LogP contribution in [0.1, 0.15) is 6.42 Å². The van der Waals surface area contributed by atoms with E-state index in [0.717, 1.165) is 17.5 Å². The highest BCUT2D eigenvalue weighted by atomic mass is 32.2. The molecule has 0 bridgehead atoms. The molecule has 1 saturated heterocycles. The Morgan fingerprint density at radius 3 is 2.68 bits per heavy atom. The molecule has 1 aliphatic rings. The molecule has 4 aromatic rings. The van der Waals surface area contributed by atoms with Crippen LogP contribution in [0.5, 0.6) is 0 Å². The Balaban J connectivity index is 1.45. The van der Waals surface area contributed by atoms with Gasteiger partial charge in [0.25, 0.3) is 10.0 Å². The van der Waals surface area contributed by atoms with Gasteiger partial charge in [-0.1, -0.05) is 6.07 Å². The molecule has 0 saturated carbocycles. The predicted octanol–water partition coefficient (Wildman–Crippen LogP) is 3.62. The Morgan fingerprint density at radius 1 is 1.05 bits per heavy atom. The first-order valence-corrected chi connectivity index (χ1v) is 12.6. The molecule has 37 heavy (non-hydrogen) atoms. The molecular weight excluding hydrogens is 506 g/mol. The van der Waals surface area contributed by atoms with E-state index in [1.807, 2.05) is 11.0 Å². The minimum atomic E-state index is -4.33. The first-order chi connectivity index (χ1) is 17.7. The Bertz CT molecular complexity index is 1620. The minimum absolute atomic E-state index is 0.0907. The Morgan fingerprint density at radius 2 is 1.89 bits per heavy atom. The van der Waals surface area contributed by atoms with Crippen molar-refractivity contribution in [3.05, 3.63) is 72.8 Å². The van der Waals surface area contributed by atoms with Crippen molar-refractivity contribution in [3.8, 4) is 11.1 Å². The average Bonchev–Trinajstić information content (AvgIpc) is 3.30. The first kappa shape index (κ1) is 24.3. The van der Waals surface area contributed by atoms with E-state index in [9.17, 15) is 22.0 Å². The zero-order valence-corrected chi connectivity index (χ0v) is 19.9. The monoisotopic (exact) mass is 526 g/mol. The number of pyridine rings is 1. The van der Waals surface area contributed by atoms with Crippen LogP contribution in [0.3, 0.4) is 0 Å². The van der Waals surface area contributed by atoms with Crippen molar-refractivity contribution in [1.29, 1.82) is 0 Å². The number of aromatic nitrogens is 3. The highest BCUT2D eigenvalue weighted by molar-refractivity contribution is 7.92. The maximum atomic E-state index is 14.1. The topological polar surface area (TPSA) is 137 Å². The van der Waals surface area contributed by atoms with Crippen LogP contribution in [-0.2, 0) is 10.0 Å². The van der Waals surface area contributed by atoms with Gasteiger partial charge in [0.05, 0.1) is 23.4 Å². The summed E-state index contributed by atoms with van der Waals surface area (Å²) >= 11 is 0. The summed E-state index contributed by atoms with van der Waals surface area (Å²) in [5, 5.41) is 12.2. The summed E-state index contributed by atoms with van der Waals surface area (Å²) in [5.74, 6) is -1.44. The smallest absolute Gasteiger partial charge is 0.404 e. The van der Waals surface area contributed by atoms with Crippen LogP contribution in [0.4, 0.5) is 25.1 Å². The Hall–Kier alpha value is -4.39. The first-order valence-electron chi connectivity index (χ1n) is 11.1. The molecule has 0 unspecified atom stereocenters. The van der Waals surface area contributed by atoms with Gasteiger partial charge in [-0.25, -0.2) is 32.0 Å². The van der Waals surface area contributed by atoms with E-state index in [4.69, 9.17) is 5.11 Å². The Kier molecular flexibility index (Phi) is 6.29. The summed E-state index contributed by atoms with van der Waals surface area (Å²) in [5.41, 5.74) is 2.04. The lowest BCUT2D eigenvalue weighted by Crippen LogP contribution is -2.36. The fourth-order valence-electron chi connectivity index (χ4n) is 4.28. The number of fused-ring (bicyclic) bond motifs is 1. The van der Waals surface area contributed by atoms with Gasteiger partial charge in [-0.2, -0.15) is 0 Å². The molecule has 5 rings (SSSR count). The molecule has 2 aromatic heterocycles. The maximum Gasteiger partial charge on any atom is 0.404 e. The number of hydrogen-bond acceptors (Lipinski definition) is 7. The van der Waals surface area contributed by atoms with Gasteiger partial charge in [-0.05, 0) is 42.3 Å². The number of amides is 1. The molecule has 190 valence electrons. The van der Waals surface area contributed by atoms with E-state index in [1.165, 1.54) is 12.5 Å². The van der Waals surface area contributed by atoms with E-state index >= 15 is 0 Å². The number of nitrogens with one attached hydrogen (secondary N) is 2. The van der Waals surface area contributed by atoms with Gasteiger partial charge < -0.3 is 15.3 Å². The molecule has 0 spiro atoms. The highest BCUT2D eigenvalue weighted by Gasteiger charge is 2.26. The van der Waals surface area contributed by atoms with Gasteiger partial charge in [0.15, 0.2) is 0 Å². The summed E-state index contributed by atoms with van der Waals surface area (Å²) in [6.45, 7) is 1.07. The summed E-state index contributed by atoms with van der Waals surface area (Å²) in [6.07, 6.45) is 3.83. The molecule has 0 aliphatic carbocycles. The van der Waals surface area contributed by atoms with Crippen LogP contribution in [0.15, 0.2) is 66.1 Å². The van der Waals surface area contributed by atoms with Crippen LogP contribution >= 0.6 is 0 Å². The fraction of sp³-hybridized carbons (Fsp3) is 0.167. The second kappa shape index (κ2) is 9.58. The number of anilines is 2. The fourth-order valence-corrected chi connectivity index (χ4v) is 5.37. The standard InChI is InChI=1S/C24H20F2N6O4S/c25-16-2-4-22(20(26)9-16)37(35,36)31-18-7-15(10-27-11-18)14-1-3-21-19(8-14)23(29-13-28-21)32-6-5-17(12-32)30-24(33)34/h1-4,7-11,13,17,30-31H,5-6,12H2,(H,33,34)/t17-/m0/s1. The quantitative estimate of drug-likeness (QED) is 0.347. The molecule has 1 fully saturated rings. The second-order valence-corrected chi connectivity index (χ2v) is 10.1. The molecular formula is C24H20F2N6O4S. The lowest BCUT2D eigenvalue weighted by molar-refractivity contribution is 0.191. The summed E-state index contributed by atoms with van der Waals surface area (Å²) in [7, 11) is -4.33. The lowest BCUT2D eigenvalue weighted by atomic mass is 10.0. The van der Waals surface area contributed by atoms with Crippen molar-refractivity contribution in [2.24, 2.45) is 0 Å². The molecule has 0 radical (unpaired) electrons. The number of sulfonamides is 1. The number of nitrogens with zero attached hydrogens (tertiary/aromatic N) is 4. The van der Waals surface area contributed by atoms with E-state index in [0.29, 0.717) is 48.0 Å². The van der Waals surface area contributed by atoms with Gasteiger partial charge >= 0.3 is 6.09 Å². The van der Waals surface area contributed by atoms with Crippen LogP contribution in [0, 0.1) is 11.6 Å². The largest absolute Gasteiger partial charge is 0.465 e. The molecule has 1 aliphatic heterocycles. The van der Waals surface area contributed by atoms with E-state index in [1.54, 1.807) is 24.4 Å². The summed E-state index contributed by atoms with van der Waals surface area (Å²) in [4.78, 5) is 25.1. The van der Waals surface area contributed by atoms with Gasteiger partial charge in [0.1, 0.15) is 28.7 Å². The van der Waals surface area contributed by atoms with Gasteiger partial charge in [0, 0.05) is 36.3 Å². The SMILES string of the molecule is O=C(O)N[C@H]1CCN(c2ncnc3ccc(-c4cncc(NS(=O)(=O)c5ccc(F)cc5F)c4)cc23)C1. The average molecular weight is 527 g/mol. The minimum Gasteiger partial charge on any atom is -0.465 e. The number of rotatable bonds is 6. The number of hydrogen-bond donors (Lipinski definition) is 3. The molecule has 3 heterocycles. The number of benzene rings is 2. The van der Waals surface area contributed by atoms with Crippen LogP contribution in [0.2, 0.25) is 0 Å². The number of carbonyl (C=O) groups is 1. The number of carboxylic acid groups (broad SMARTS) is 1. The molecule has 2 aromatic carbocycles. The zero-order chi connectivity index (χ0) is 26.2. The van der Waals surface area contributed by atoms with E-state index in [-0.39, 0.29) is 11.7 Å². The highest BCUT2D eigenvalue weighted by Crippen LogP contribution is 2.31. The molecule has 10 nitrogen and oxygen atoms in total. The van der Waals surface area contributed by atoms with Crippen molar-refractivity contribution in [3.63, 3.8) is 0 Å². The van der Waals surface area contributed by atoms with Crippen molar-refractivity contribution >= 4 is 38.5 Å². The summed E-state index contributed by atoms with van der Waals surface area (Å²) < 4.78 is 54.9. The third kappa shape index (κ3) is 5.11. The summed E-state index contributed by atoms with van der Waals surface area (Å²) in [6, 6.07) is 8.97. The van der Waals surface area contributed by atoms with Gasteiger partial charge in [-0.3, -0.25) is 9.71 Å². The van der Waals surface area contributed by atoms with Crippen LogP contribution in [-0.4, -0.2) is 53.7 Å². The molecule has 13 heteroatoms. The second-order valence-electron chi connectivity index (χ2n) is 8.45. The molecule has 3 N–H and O–H groups in total. The van der Waals surface area contributed by atoms with Crippen LogP contribution in [0.25, 0.3) is 22.0 Å². The van der Waals surface area contributed by atoms with Crippen molar-refractivity contribution in [1.82, 2.24) is 20.3 Å². The predicted molar refractivity (Wildman–Crippen MR) is 132 cm³/mol. The molecule has 1 atom stereocenters. The zero-order valence-electron chi connectivity index (χ0n) is 19.1. The van der Waals surface area contributed by atoms with Gasteiger partial charge in [-0.15, -0.1) is 0 Å². The number of halogens is 2. The van der Waals surface area contributed by atoms with Gasteiger partial charge in [0.2, 0.25) is 0 Å². The third-order valence-electron chi connectivity index (χ3n) is 5.94. The molecule has 1 amide bonds. The van der Waals surface area contributed by atoms with E-state index < -0.39 is 32.6 Å². The maximum absolute atomic E-state index is 14.1. The third-order valence-corrected chi connectivity index (χ3v) is 7.35.